The Kier molecular flexibility index (Phi) is 6.00. The number of nitrogens with zero attached hydrogens (tertiary/aromatic N) is 3. The zero-order valence-electron chi connectivity index (χ0n) is 17.9. The molecule has 0 saturated carbocycles. The van der Waals surface area contributed by atoms with Crippen LogP contribution in [0.5, 0.6) is 0 Å². The fourth-order valence-corrected chi connectivity index (χ4v) is 3.60. The van der Waals surface area contributed by atoms with E-state index in [0.29, 0.717) is 22.7 Å². The number of hydrogen-bond acceptors (Lipinski definition) is 3. The van der Waals surface area contributed by atoms with Crippen molar-refractivity contribution in [1.29, 1.82) is 5.26 Å². The quantitative estimate of drug-likeness (QED) is 0.625. The van der Waals surface area contributed by atoms with Gasteiger partial charge in [-0.2, -0.15) is 10.4 Å². The van der Waals surface area contributed by atoms with Gasteiger partial charge in [-0.05, 0) is 70.0 Å². The third kappa shape index (κ3) is 4.72. The molecule has 0 aliphatic carbocycles. The van der Waals surface area contributed by atoms with Crippen LogP contribution in [-0.4, -0.2) is 21.2 Å². The Hall–Kier alpha value is -3.10. The number of carbonyl (C=O) groups excluding carboxylic acids is 1. The van der Waals surface area contributed by atoms with E-state index in [9.17, 15) is 4.79 Å². The number of hydrogen-bond donors (Lipinski definition) is 1. The molecule has 6 heteroatoms. The lowest BCUT2D eigenvalue weighted by Crippen LogP contribution is -2.40. The van der Waals surface area contributed by atoms with Crippen LogP contribution in [0.4, 0.5) is 0 Å². The standard InChI is InChI=1S/C24H25ClN4O/c1-15-22(19-10-11-20(13-26)21(25)12-19)16(2)29(28-15)14-17-6-8-18(9-7-17)23(30)27-24(3,4)5/h6-12H,14H2,1-5H3,(H,27,30). The van der Waals surface area contributed by atoms with Crippen LogP contribution < -0.4 is 5.32 Å². The topological polar surface area (TPSA) is 70.7 Å². The van der Waals surface area contributed by atoms with E-state index in [0.717, 1.165) is 28.1 Å². The van der Waals surface area contributed by atoms with E-state index in [2.05, 4.69) is 16.5 Å². The molecule has 0 saturated heterocycles. The van der Waals surface area contributed by atoms with Gasteiger partial charge in [0, 0.05) is 22.4 Å². The van der Waals surface area contributed by atoms with Crippen molar-refractivity contribution in [2.45, 2.75) is 46.7 Å². The first kappa shape index (κ1) is 21.6. The summed E-state index contributed by atoms with van der Waals surface area (Å²) in [5.41, 5.74) is 5.74. The third-order valence-electron chi connectivity index (χ3n) is 4.80. The summed E-state index contributed by atoms with van der Waals surface area (Å²) in [6, 6.07) is 15.1. The summed E-state index contributed by atoms with van der Waals surface area (Å²) in [6.45, 7) is 10.5. The predicted molar refractivity (Wildman–Crippen MR) is 120 cm³/mol. The molecule has 0 bridgehead atoms. The Balaban J connectivity index is 1.83. The number of halogens is 1. The lowest BCUT2D eigenvalue weighted by molar-refractivity contribution is 0.0919. The fourth-order valence-electron chi connectivity index (χ4n) is 3.38. The van der Waals surface area contributed by atoms with Gasteiger partial charge >= 0.3 is 0 Å². The first-order valence-electron chi connectivity index (χ1n) is 9.74. The van der Waals surface area contributed by atoms with Crippen molar-refractivity contribution in [2.75, 3.05) is 0 Å². The maximum Gasteiger partial charge on any atom is 0.251 e. The Bertz CT molecular complexity index is 1130. The van der Waals surface area contributed by atoms with Crippen molar-refractivity contribution in [2.24, 2.45) is 0 Å². The summed E-state index contributed by atoms with van der Waals surface area (Å²) in [4.78, 5) is 12.3. The molecule has 1 aromatic heterocycles. The van der Waals surface area contributed by atoms with E-state index in [4.69, 9.17) is 16.9 Å². The molecule has 0 fully saturated rings. The van der Waals surface area contributed by atoms with Gasteiger partial charge < -0.3 is 5.32 Å². The Labute approximate surface area is 182 Å². The van der Waals surface area contributed by atoms with E-state index < -0.39 is 0 Å². The molecule has 0 spiro atoms. The molecule has 154 valence electrons. The van der Waals surface area contributed by atoms with Gasteiger partial charge in [0.2, 0.25) is 0 Å². The largest absolute Gasteiger partial charge is 0.347 e. The Morgan fingerprint density at radius 1 is 1.17 bits per heavy atom. The number of nitrogens with one attached hydrogen (secondary N) is 1. The number of nitriles is 1. The van der Waals surface area contributed by atoms with Gasteiger partial charge in [-0.1, -0.05) is 29.8 Å². The molecule has 5 nitrogen and oxygen atoms in total. The number of aryl methyl sites for hydroxylation is 1. The Morgan fingerprint density at radius 2 is 1.83 bits per heavy atom. The number of amides is 1. The zero-order valence-corrected chi connectivity index (χ0v) is 18.6. The minimum Gasteiger partial charge on any atom is -0.347 e. The molecule has 0 unspecified atom stereocenters. The second kappa shape index (κ2) is 8.33. The summed E-state index contributed by atoms with van der Waals surface area (Å²) in [7, 11) is 0. The highest BCUT2D eigenvalue weighted by atomic mass is 35.5. The molecule has 0 aliphatic rings. The highest BCUT2D eigenvalue weighted by molar-refractivity contribution is 6.32. The van der Waals surface area contributed by atoms with Gasteiger partial charge in [0.05, 0.1) is 22.8 Å². The predicted octanol–water partition coefficient (Wildman–Crippen LogP) is 5.27. The van der Waals surface area contributed by atoms with E-state index in [1.54, 1.807) is 6.07 Å². The van der Waals surface area contributed by atoms with Gasteiger partial charge in [-0.3, -0.25) is 9.48 Å². The molecule has 1 heterocycles. The molecule has 30 heavy (non-hydrogen) atoms. The average molecular weight is 421 g/mol. The van der Waals surface area contributed by atoms with Crippen molar-refractivity contribution in [3.63, 3.8) is 0 Å². The number of benzene rings is 2. The summed E-state index contributed by atoms with van der Waals surface area (Å²) < 4.78 is 1.95. The summed E-state index contributed by atoms with van der Waals surface area (Å²) >= 11 is 6.22. The van der Waals surface area contributed by atoms with Crippen LogP contribution >= 0.6 is 11.6 Å². The number of rotatable bonds is 4. The van der Waals surface area contributed by atoms with Crippen LogP contribution in [0.15, 0.2) is 42.5 Å². The first-order chi connectivity index (χ1) is 14.1. The average Bonchev–Trinajstić information content (AvgIpc) is 2.94. The van der Waals surface area contributed by atoms with E-state index in [1.165, 1.54) is 0 Å². The molecule has 3 rings (SSSR count). The van der Waals surface area contributed by atoms with Gasteiger partial charge in [-0.25, -0.2) is 0 Å². The maximum absolute atomic E-state index is 12.3. The summed E-state index contributed by atoms with van der Waals surface area (Å²) in [5.74, 6) is -0.0832. The lowest BCUT2D eigenvalue weighted by atomic mass is 10.0. The van der Waals surface area contributed by atoms with E-state index >= 15 is 0 Å². The van der Waals surface area contributed by atoms with Crippen LogP contribution in [0.25, 0.3) is 11.1 Å². The molecule has 0 aliphatic heterocycles. The number of carbonyl (C=O) groups is 1. The van der Waals surface area contributed by atoms with Crippen molar-refractivity contribution < 1.29 is 4.79 Å². The minimum atomic E-state index is -0.274. The monoisotopic (exact) mass is 420 g/mol. The lowest BCUT2D eigenvalue weighted by Gasteiger charge is -2.20. The van der Waals surface area contributed by atoms with Crippen LogP contribution in [0.3, 0.4) is 0 Å². The van der Waals surface area contributed by atoms with Crippen molar-refractivity contribution >= 4 is 17.5 Å². The zero-order chi connectivity index (χ0) is 22.1. The molecule has 2 aromatic carbocycles. The maximum atomic E-state index is 12.3. The molecule has 1 N–H and O–H groups in total. The molecule has 1 amide bonds. The van der Waals surface area contributed by atoms with Crippen molar-refractivity contribution in [3.05, 3.63) is 75.6 Å². The van der Waals surface area contributed by atoms with Crippen molar-refractivity contribution in [1.82, 2.24) is 15.1 Å². The first-order valence-corrected chi connectivity index (χ1v) is 10.1. The van der Waals surface area contributed by atoms with Gasteiger partial charge in [0.15, 0.2) is 0 Å². The highest BCUT2D eigenvalue weighted by Gasteiger charge is 2.17. The molecule has 3 aromatic rings. The number of aromatic nitrogens is 2. The van der Waals surface area contributed by atoms with Gasteiger partial charge in [0.25, 0.3) is 5.91 Å². The summed E-state index contributed by atoms with van der Waals surface area (Å²) in [6.07, 6.45) is 0. The molecule has 0 atom stereocenters. The SMILES string of the molecule is Cc1nn(Cc2ccc(C(=O)NC(C)(C)C)cc2)c(C)c1-c1ccc(C#N)c(Cl)c1. The fraction of sp³-hybridized carbons (Fsp3) is 0.292. The van der Waals surface area contributed by atoms with Crippen molar-refractivity contribution in [3.8, 4) is 17.2 Å². The third-order valence-corrected chi connectivity index (χ3v) is 5.11. The normalized spacial score (nSPS) is 11.2. The van der Waals surface area contributed by atoms with Crippen LogP contribution in [-0.2, 0) is 6.54 Å². The van der Waals surface area contributed by atoms with Gasteiger partial charge in [0.1, 0.15) is 6.07 Å². The van der Waals surface area contributed by atoms with Crippen LogP contribution in [0, 0.1) is 25.2 Å². The summed E-state index contributed by atoms with van der Waals surface area (Å²) in [5, 5.41) is 17.2. The second-order valence-electron chi connectivity index (χ2n) is 8.41. The Morgan fingerprint density at radius 3 is 2.40 bits per heavy atom. The second-order valence-corrected chi connectivity index (χ2v) is 8.82. The molecular formula is C24H25ClN4O. The van der Waals surface area contributed by atoms with Crippen LogP contribution in [0.1, 0.15) is 53.6 Å². The molecule has 0 radical (unpaired) electrons. The molecular weight excluding hydrogens is 396 g/mol. The smallest absolute Gasteiger partial charge is 0.251 e. The van der Waals surface area contributed by atoms with Gasteiger partial charge in [-0.15, -0.1) is 0 Å². The van der Waals surface area contributed by atoms with Crippen LogP contribution in [0.2, 0.25) is 5.02 Å². The minimum absolute atomic E-state index is 0.0832. The highest BCUT2D eigenvalue weighted by Crippen LogP contribution is 2.30. The van der Waals surface area contributed by atoms with E-state index in [-0.39, 0.29) is 11.4 Å². The van der Waals surface area contributed by atoms with E-state index in [1.807, 2.05) is 75.7 Å².